The van der Waals surface area contributed by atoms with Crippen LogP contribution in [0, 0.1) is 5.92 Å². The maximum absolute atomic E-state index is 9.79. The molecule has 0 saturated heterocycles. The van der Waals surface area contributed by atoms with Crippen LogP contribution in [0.1, 0.15) is 33.1 Å². The van der Waals surface area contributed by atoms with Crippen molar-refractivity contribution in [1.82, 2.24) is 0 Å². The van der Waals surface area contributed by atoms with Crippen molar-refractivity contribution in [3.63, 3.8) is 0 Å². The Bertz CT molecular complexity index is 110. The number of carbonyl (C=O) groups is 1. The third kappa shape index (κ3) is 5.48. The van der Waals surface area contributed by atoms with Crippen molar-refractivity contribution in [2.24, 2.45) is 10.9 Å². The van der Waals surface area contributed by atoms with E-state index in [-0.39, 0.29) is 0 Å². The van der Waals surface area contributed by atoms with Crippen LogP contribution in [0.5, 0.6) is 0 Å². The summed E-state index contributed by atoms with van der Waals surface area (Å²) in [6, 6.07) is 0. The van der Waals surface area contributed by atoms with Crippen LogP contribution in [0.3, 0.4) is 0 Å². The molecule has 1 unspecified atom stereocenters. The van der Waals surface area contributed by atoms with Crippen LogP contribution in [-0.2, 0) is 4.79 Å². The van der Waals surface area contributed by atoms with Gasteiger partial charge in [0.1, 0.15) is 0 Å². The number of hydrogen-bond donors (Lipinski definition) is 0. The van der Waals surface area contributed by atoms with Crippen molar-refractivity contribution < 1.29 is 4.79 Å². The fraction of sp³-hybridized carbons (Fsp3) is 0.750. The fourth-order valence-electron chi connectivity index (χ4n) is 0.783. The minimum atomic E-state index is 0.449. The van der Waals surface area contributed by atoms with Crippen molar-refractivity contribution in [1.29, 1.82) is 0 Å². The van der Waals surface area contributed by atoms with Crippen molar-refractivity contribution in [2.75, 3.05) is 0 Å². The minimum Gasteiger partial charge on any atom is -0.276 e. The van der Waals surface area contributed by atoms with Crippen LogP contribution >= 0.6 is 0 Å². The van der Waals surface area contributed by atoms with E-state index in [0.29, 0.717) is 12.3 Å². The maximum Gasteiger partial charge on any atom is 0.232 e. The summed E-state index contributed by atoms with van der Waals surface area (Å²) in [4.78, 5) is 13.3. The number of aliphatic imine (C=N–C) groups is 1. The highest BCUT2D eigenvalue weighted by molar-refractivity contribution is 5.70. The molecule has 10 heavy (non-hydrogen) atoms. The Morgan fingerprint density at radius 2 is 2.30 bits per heavy atom. The van der Waals surface area contributed by atoms with Crippen molar-refractivity contribution in [3.8, 4) is 0 Å². The molecule has 0 radical (unpaired) electrons. The summed E-state index contributed by atoms with van der Waals surface area (Å²) < 4.78 is 0. The summed E-state index contributed by atoms with van der Waals surface area (Å²) >= 11 is 0. The topological polar surface area (TPSA) is 29.4 Å². The van der Waals surface area contributed by atoms with Gasteiger partial charge in [0.15, 0.2) is 0 Å². The van der Waals surface area contributed by atoms with Gasteiger partial charge in [-0.05, 0) is 12.3 Å². The quantitative estimate of drug-likeness (QED) is 0.425. The molecule has 58 valence electrons. The van der Waals surface area contributed by atoms with Gasteiger partial charge in [0, 0.05) is 6.21 Å². The molecule has 0 rings (SSSR count). The molecule has 0 aromatic heterocycles. The second-order valence-electron chi connectivity index (χ2n) is 2.52. The van der Waals surface area contributed by atoms with Crippen LogP contribution in [0.4, 0.5) is 0 Å². The van der Waals surface area contributed by atoms with Crippen molar-refractivity contribution >= 4 is 12.6 Å². The zero-order chi connectivity index (χ0) is 7.82. The van der Waals surface area contributed by atoms with Gasteiger partial charge >= 0.3 is 0 Å². The Morgan fingerprint density at radius 1 is 1.60 bits per heavy atom. The lowest BCUT2D eigenvalue weighted by Gasteiger charge is -2.00. The van der Waals surface area contributed by atoms with Crippen molar-refractivity contribution in [2.45, 2.75) is 33.1 Å². The fourth-order valence-corrected chi connectivity index (χ4v) is 0.783. The van der Waals surface area contributed by atoms with Gasteiger partial charge in [-0.3, -0.25) is 4.79 Å². The largest absolute Gasteiger partial charge is 0.276 e. The summed E-state index contributed by atoms with van der Waals surface area (Å²) in [6.07, 6.45) is 5.85. The Balaban J connectivity index is 3.32. The number of hydrogen-bond acceptors (Lipinski definition) is 1. The lowest BCUT2D eigenvalue weighted by molar-refractivity contribution is -0.106. The Labute approximate surface area is 62.4 Å². The predicted molar refractivity (Wildman–Crippen MR) is 43.2 cm³/mol. The SMILES string of the molecule is CCCCC(C)/C=N/C=O. The molecule has 0 heterocycles. The maximum atomic E-state index is 9.79. The molecule has 0 bridgehead atoms. The molecule has 0 saturated carbocycles. The zero-order valence-corrected chi connectivity index (χ0v) is 6.71. The summed E-state index contributed by atoms with van der Waals surface area (Å²) in [5, 5.41) is 0. The van der Waals surface area contributed by atoms with Gasteiger partial charge in [0.25, 0.3) is 0 Å². The predicted octanol–water partition coefficient (Wildman–Crippen LogP) is 2.04. The molecule has 0 aliphatic carbocycles. The lowest BCUT2D eigenvalue weighted by atomic mass is 10.1. The highest BCUT2D eigenvalue weighted by Gasteiger charge is 1.94. The number of carbonyl (C=O) groups excluding carboxylic acids is 1. The molecular formula is C8H15NO. The molecule has 1 atom stereocenters. The highest BCUT2D eigenvalue weighted by Crippen LogP contribution is 2.03. The summed E-state index contributed by atoms with van der Waals surface area (Å²) in [5.41, 5.74) is 0. The van der Waals surface area contributed by atoms with E-state index in [1.54, 1.807) is 6.21 Å². The number of unbranched alkanes of at least 4 members (excludes halogenated alkanes) is 1. The highest BCUT2D eigenvalue weighted by atomic mass is 16.1. The Kier molecular flexibility index (Phi) is 6.03. The first kappa shape index (κ1) is 9.34. The van der Waals surface area contributed by atoms with Gasteiger partial charge in [0.2, 0.25) is 6.41 Å². The first-order chi connectivity index (χ1) is 4.81. The summed E-state index contributed by atoms with van der Waals surface area (Å²) in [7, 11) is 0. The second kappa shape index (κ2) is 6.46. The van der Waals surface area contributed by atoms with E-state index < -0.39 is 0 Å². The van der Waals surface area contributed by atoms with Crippen LogP contribution < -0.4 is 0 Å². The molecule has 0 aliphatic rings. The first-order valence-corrected chi connectivity index (χ1v) is 3.78. The van der Waals surface area contributed by atoms with Crippen LogP contribution in [-0.4, -0.2) is 12.6 Å². The van der Waals surface area contributed by atoms with E-state index in [2.05, 4.69) is 18.8 Å². The molecule has 0 aromatic carbocycles. The molecule has 0 fully saturated rings. The summed E-state index contributed by atoms with van der Waals surface area (Å²) in [6.45, 7) is 4.23. The lowest BCUT2D eigenvalue weighted by Crippen LogP contribution is -1.95. The smallest absolute Gasteiger partial charge is 0.232 e. The van der Waals surface area contributed by atoms with Crippen LogP contribution in [0.15, 0.2) is 4.99 Å². The van der Waals surface area contributed by atoms with E-state index in [1.807, 2.05) is 0 Å². The van der Waals surface area contributed by atoms with Gasteiger partial charge in [-0.25, -0.2) is 4.99 Å². The van der Waals surface area contributed by atoms with Gasteiger partial charge in [-0.15, -0.1) is 0 Å². The molecule has 0 N–H and O–H groups in total. The number of amides is 1. The van der Waals surface area contributed by atoms with E-state index in [9.17, 15) is 4.79 Å². The normalized spacial score (nSPS) is 13.8. The zero-order valence-electron chi connectivity index (χ0n) is 6.71. The van der Waals surface area contributed by atoms with Crippen LogP contribution in [0.25, 0.3) is 0 Å². The summed E-state index contributed by atoms with van der Waals surface area (Å²) in [5.74, 6) is 0.449. The molecule has 2 heteroatoms. The van der Waals surface area contributed by atoms with E-state index in [1.165, 1.54) is 12.8 Å². The van der Waals surface area contributed by atoms with Gasteiger partial charge in [-0.1, -0.05) is 26.7 Å². The number of rotatable bonds is 5. The second-order valence-corrected chi connectivity index (χ2v) is 2.52. The molecule has 0 aromatic rings. The molecule has 1 amide bonds. The average molecular weight is 141 g/mol. The third-order valence-corrected chi connectivity index (χ3v) is 1.41. The molecule has 0 spiro atoms. The van der Waals surface area contributed by atoms with Crippen molar-refractivity contribution in [3.05, 3.63) is 0 Å². The molecular weight excluding hydrogens is 126 g/mol. The molecule has 0 aliphatic heterocycles. The third-order valence-electron chi connectivity index (χ3n) is 1.41. The molecule has 2 nitrogen and oxygen atoms in total. The Hall–Kier alpha value is -0.660. The monoisotopic (exact) mass is 141 g/mol. The van der Waals surface area contributed by atoms with Gasteiger partial charge in [-0.2, -0.15) is 0 Å². The Morgan fingerprint density at radius 3 is 2.80 bits per heavy atom. The van der Waals surface area contributed by atoms with E-state index in [0.717, 1.165) is 6.42 Å². The van der Waals surface area contributed by atoms with E-state index >= 15 is 0 Å². The van der Waals surface area contributed by atoms with E-state index in [4.69, 9.17) is 0 Å². The standard InChI is InChI=1S/C8H15NO/c1-3-4-5-8(2)6-9-7-10/h6-8H,3-5H2,1-2H3/b9-6+. The average Bonchev–Trinajstić information content (AvgIpc) is 1.97. The minimum absolute atomic E-state index is 0.449. The van der Waals surface area contributed by atoms with Crippen LogP contribution in [0.2, 0.25) is 0 Å². The number of nitrogens with zero attached hydrogens (tertiary/aromatic N) is 1. The first-order valence-electron chi connectivity index (χ1n) is 3.78. The van der Waals surface area contributed by atoms with Gasteiger partial charge < -0.3 is 0 Å². The van der Waals surface area contributed by atoms with Gasteiger partial charge in [0.05, 0.1) is 0 Å².